The molecule has 0 unspecified atom stereocenters. The Morgan fingerprint density at radius 1 is 1.07 bits per heavy atom. The summed E-state index contributed by atoms with van der Waals surface area (Å²) in [4.78, 5) is 18.3. The zero-order valence-electron chi connectivity index (χ0n) is 15.5. The number of hydrogen-bond acceptors (Lipinski definition) is 8. The molecule has 1 aliphatic rings. The molecule has 0 amide bonds. The second kappa shape index (κ2) is 7.17. The molecule has 142 valence electrons. The molecule has 0 spiro atoms. The van der Waals surface area contributed by atoms with Gasteiger partial charge >= 0.3 is 0 Å². The number of aromatic nitrogens is 5. The molecule has 28 heavy (non-hydrogen) atoms. The lowest BCUT2D eigenvalue weighted by atomic mass is 10.2. The number of nitrogens with zero attached hydrogens (tertiary/aromatic N) is 6. The number of fused-ring (bicyclic) bond motifs is 1. The average molecular weight is 392 g/mol. The highest BCUT2D eigenvalue weighted by molar-refractivity contribution is 7.07. The lowest BCUT2D eigenvalue weighted by Gasteiger charge is -2.34. The van der Waals surface area contributed by atoms with Gasteiger partial charge in [-0.2, -0.15) is 5.10 Å². The minimum absolute atomic E-state index is 0.590. The standard InChI is InChI=1S/C19H20N8S/c1-26-6-8-27(9-7-26)14-4-2-13(3-5-14)22-19-17-15(10-21-25-17)23-18(24-19)16-11-28-12-20-16/h2-5,10-12H,6-9H2,1H3,(H,21,25)(H,22,23,24). The van der Waals surface area contributed by atoms with Crippen molar-refractivity contribution in [2.45, 2.75) is 0 Å². The molecule has 4 aromatic rings. The van der Waals surface area contributed by atoms with Gasteiger partial charge in [-0.05, 0) is 31.3 Å². The van der Waals surface area contributed by atoms with E-state index in [0.717, 1.165) is 48.6 Å². The lowest BCUT2D eigenvalue weighted by Crippen LogP contribution is -2.44. The van der Waals surface area contributed by atoms with Crippen LogP contribution in [0.1, 0.15) is 0 Å². The molecule has 9 heteroatoms. The molecule has 0 bridgehead atoms. The zero-order valence-corrected chi connectivity index (χ0v) is 16.3. The highest BCUT2D eigenvalue weighted by Crippen LogP contribution is 2.27. The van der Waals surface area contributed by atoms with Crippen LogP contribution in [0.5, 0.6) is 0 Å². The fourth-order valence-corrected chi connectivity index (χ4v) is 3.86. The Morgan fingerprint density at radius 2 is 1.89 bits per heavy atom. The van der Waals surface area contributed by atoms with E-state index in [4.69, 9.17) is 0 Å². The van der Waals surface area contributed by atoms with Gasteiger partial charge in [0.1, 0.15) is 16.7 Å². The number of benzene rings is 1. The van der Waals surface area contributed by atoms with Crippen molar-refractivity contribution in [2.75, 3.05) is 43.4 Å². The fraction of sp³-hybridized carbons (Fsp3) is 0.263. The Hall–Kier alpha value is -3.04. The number of thiazole rings is 1. The maximum Gasteiger partial charge on any atom is 0.181 e. The van der Waals surface area contributed by atoms with Crippen molar-refractivity contribution in [1.82, 2.24) is 30.0 Å². The minimum Gasteiger partial charge on any atom is -0.369 e. The van der Waals surface area contributed by atoms with Gasteiger partial charge in [-0.3, -0.25) is 5.10 Å². The Bertz CT molecular complexity index is 1070. The lowest BCUT2D eigenvalue weighted by molar-refractivity contribution is 0.313. The number of anilines is 3. The van der Waals surface area contributed by atoms with Crippen LogP contribution in [0.15, 0.2) is 41.4 Å². The summed E-state index contributed by atoms with van der Waals surface area (Å²) < 4.78 is 0. The van der Waals surface area contributed by atoms with Gasteiger partial charge in [-0.1, -0.05) is 0 Å². The molecule has 0 aliphatic carbocycles. The Kier molecular flexibility index (Phi) is 4.38. The number of hydrogen-bond donors (Lipinski definition) is 2. The molecule has 5 rings (SSSR count). The predicted octanol–water partition coefficient (Wildman–Crippen LogP) is 2.97. The number of H-pyrrole nitrogens is 1. The quantitative estimate of drug-likeness (QED) is 0.552. The Morgan fingerprint density at radius 3 is 2.64 bits per heavy atom. The SMILES string of the molecule is CN1CCN(c2ccc(Nc3nc(-c4cscn4)nc4cn[nH]c34)cc2)CC1. The molecule has 1 fully saturated rings. The van der Waals surface area contributed by atoms with Crippen LogP contribution in [0.25, 0.3) is 22.6 Å². The summed E-state index contributed by atoms with van der Waals surface area (Å²) in [6.07, 6.45) is 1.70. The number of likely N-dealkylation sites (N-methyl/N-ethyl adjacent to an activating group) is 1. The van der Waals surface area contributed by atoms with Crippen LogP contribution in [-0.4, -0.2) is 63.3 Å². The Labute approximate surface area is 166 Å². The van der Waals surface area contributed by atoms with Crippen molar-refractivity contribution >= 4 is 39.6 Å². The van der Waals surface area contributed by atoms with Crippen molar-refractivity contribution in [3.05, 3.63) is 41.4 Å². The normalized spacial score (nSPS) is 15.2. The third-order valence-corrected chi connectivity index (χ3v) is 5.55. The van der Waals surface area contributed by atoms with E-state index < -0.39 is 0 Å². The van der Waals surface area contributed by atoms with Gasteiger partial charge in [0.05, 0.1) is 11.7 Å². The molecule has 8 nitrogen and oxygen atoms in total. The van der Waals surface area contributed by atoms with E-state index >= 15 is 0 Å². The first-order chi connectivity index (χ1) is 13.8. The number of piperazine rings is 1. The van der Waals surface area contributed by atoms with Crippen LogP contribution in [0.4, 0.5) is 17.2 Å². The topological polar surface area (TPSA) is 85.9 Å². The van der Waals surface area contributed by atoms with Crippen LogP contribution < -0.4 is 10.2 Å². The highest BCUT2D eigenvalue weighted by Gasteiger charge is 2.15. The third kappa shape index (κ3) is 3.30. The third-order valence-electron chi connectivity index (χ3n) is 4.96. The molecule has 0 radical (unpaired) electrons. The summed E-state index contributed by atoms with van der Waals surface area (Å²) in [5, 5.41) is 12.4. The predicted molar refractivity (Wildman–Crippen MR) is 112 cm³/mol. The van der Waals surface area contributed by atoms with Gasteiger partial charge in [-0.25, -0.2) is 15.0 Å². The van der Waals surface area contributed by atoms with Crippen LogP contribution in [0.3, 0.4) is 0 Å². The first kappa shape index (κ1) is 17.1. The summed E-state index contributed by atoms with van der Waals surface area (Å²) in [5.41, 5.74) is 6.30. The zero-order chi connectivity index (χ0) is 18.9. The van der Waals surface area contributed by atoms with E-state index in [1.165, 1.54) is 17.0 Å². The van der Waals surface area contributed by atoms with E-state index in [2.05, 4.69) is 71.6 Å². The number of nitrogens with one attached hydrogen (secondary N) is 2. The number of aromatic amines is 1. The molecule has 0 atom stereocenters. The van der Waals surface area contributed by atoms with Crippen molar-refractivity contribution in [3.8, 4) is 11.5 Å². The molecule has 2 N–H and O–H groups in total. The highest BCUT2D eigenvalue weighted by atomic mass is 32.1. The average Bonchev–Trinajstić information content (AvgIpc) is 3.41. The van der Waals surface area contributed by atoms with E-state index in [1.54, 1.807) is 11.7 Å². The molecule has 1 saturated heterocycles. The summed E-state index contributed by atoms with van der Waals surface area (Å²) in [7, 11) is 2.17. The fourth-order valence-electron chi connectivity index (χ4n) is 3.32. The van der Waals surface area contributed by atoms with Gasteiger partial charge in [0, 0.05) is 42.9 Å². The molecule has 3 aromatic heterocycles. The summed E-state index contributed by atoms with van der Waals surface area (Å²) in [5.74, 6) is 1.28. The first-order valence-corrected chi connectivity index (χ1v) is 10.1. The van der Waals surface area contributed by atoms with E-state index in [9.17, 15) is 0 Å². The van der Waals surface area contributed by atoms with Gasteiger partial charge in [0.2, 0.25) is 0 Å². The van der Waals surface area contributed by atoms with E-state index in [0.29, 0.717) is 11.6 Å². The molecule has 1 aromatic carbocycles. The summed E-state index contributed by atoms with van der Waals surface area (Å²) >= 11 is 1.52. The second-order valence-electron chi connectivity index (χ2n) is 6.86. The summed E-state index contributed by atoms with van der Waals surface area (Å²) in [6.45, 7) is 4.30. The molecular formula is C19H20N8S. The van der Waals surface area contributed by atoms with Gasteiger partial charge in [0.15, 0.2) is 11.6 Å². The molecule has 1 aliphatic heterocycles. The van der Waals surface area contributed by atoms with Crippen molar-refractivity contribution in [1.29, 1.82) is 0 Å². The van der Waals surface area contributed by atoms with Crippen LogP contribution in [0, 0.1) is 0 Å². The van der Waals surface area contributed by atoms with Crippen LogP contribution >= 0.6 is 11.3 Å². The molecular weight excluding hydrogens is 372 g/mol. The van der Waals surface area contributed by atoms with Crippen LogP contribution in [-0.2, 0) is 0 Å². The monoisotopic (exact) mass is 392 g/mol. The smallest absolute Gasteiger partial charge is 0.181 e. The number of rotatable bonds is 4. The van der Waals surface area contributed by atoms with E-state index in [-0.39, 0.29) is 0 Å². The van der Waals surface area contributed by atoms with Crippen molar-refractivity contribution in [2.24, 2.45) is 0 Å². The van der Waals surface area contributed by atoms with Crippen molar-refractivity contribution in [3.63, 3.8) is 0 Å². The second-order valence-corrected chi connectivity index (χ2v) is 7.58. The molecule has 0 saturated carbocycles. The largest absolute Gasteiger partial charge is 0.369 e. The van der Waals surface area contributed by atoms with Crippen LogP contribution in [0.2, 0.25) is 0 Å². The van der Waals surface area contributed by atoms with Gasteiger partial charge < -0.3 is 15.1 Å². The molecule has 4 heterocycles. The van der Waals surface area contributed by atoms with E-state index in [1.807, 2.05) is 5.38 Å². The minimum atomic E-state index is 0.590. The van der Waals surface area contributed by atoms with Gasteiger partial charge in [-0.15, -0.1) is 11.3 Å². The maximum atomic E-state index is 4.67. The first-order valence-electron chi connectivity index (χ1n) is 9.16. The van der Waals surface area contributed by atoms with Crippen molar-refractivity contribution < 1.29 is 0 Å². The summed E-state index contributed by atoms with van der Waals surface area (Å²) in [6, 6.07) is 8.47. The maximum absolute atomic E-state index is 4.67. The van der Waals surface area contributed by atoms with Gasteiger partial charge in [0.25, 0.3) is 0 Å². The Balaban J connectivity index is 1.41.